The standard InChI is InChI=1S/C26H30N2O4/c29-16-5-17-31-23-13-11-22(12-14-23)24-28-26(19-32-24,25(30)27-18-21-9-10-21)15-4-8-20-6-2-1-3-7-20/h1-4,6-8,11-14,21,29H,5,9-10,15-19H2,(H,27,30)/b8-4+/t26-/m1/s1. The first-order valence-corrected chi connectivity index (χ1v) is 11.3. The van der Waals surface area contributed by atoms with Gasteiger partial charge in [-0.1, -0.05) is 42.5 Å². The number of rotatable bonds is 11. The van der Waals surface area contributed by atoms with Gasteiger partial charge in [-0.25, -0.2) is 4.99 Å². The Morgan fingerprint density at radius 2 is 1.97 bits per heavy atom. The lowest BCUT2D eigenvalue weighted by Crippen LogP contribution is -2.47. The van der Waals surface area contributed by atoms with Crippen molar-refractivity contribution in [2.24, 2.45) is 10.9 Å². The maximum absolute atomic E-state index is 13.1. The number of ether oxygens (including phenoxy) is 2. The highest BCUT2D eigenvalue weighted by atomic mass is 16.5. The first-order chi connectivity index (χ1) is 15.7. The second-order valence-corrected chi connectivity index (χ2v) is 8.36. The molecule has 0 unspecified atom stereocenters. The number of benzene rings is 2. The van der Waals surface area contributed by atoms with Gasteiger partial charge in [0, 0.05) is 31.6 Å². The van der Waals surface area contributed by atoms with E-state index in [0.29, 0.717) is 37.8 Å². The van der Waals surface area contributed by atoms with Gasteiger partial charge in [0.2, 0.25) is 5.90 Å². The van der Waals surface area contributed by atoms with E-state index in [1.807, 2.05) is 66.7 Å². The van der Waals surface area contributed by atoms with Gasteiger partial charge in [0.15, 0.2) is 5.54 Å². The van der Waals surface area contributed by atoms with E-state index in [4.69, 9.17) is 19.6 Å². The van der Waals surface area contributed by atoms with Crippen molar-refractivity contribution in [1.29, 1.82) is 0 Å². The molecule has 0 spiro atoms. The van der Waals surface area contributed by atoms with Gasteiger partial charge in [-0.15, -0.1) is 0 Å². The fraction of sp³-hybridized carbons (Fsp3) is 0.385. The van der Waals surface area contributed by atoms with Crippen LogP contribution in [0.2, 0.25) is 0 Å². The summed E-state index contributed by atoms with van der Waals surface area (Å²) in [5.41, 5.74) is 0.926. The summed E-state index contributed by atoms with van der Waals surface area (Å²) in [6.07, 6.45) is 7.43. The van der Waals surface area contributed by atoms with E-state index in [2.05, 4.69) is 5.32 Å². The summed E-state index contributed by atoms with van der Waals surface area (Å²) in [4.78, 5) is 17.9. The molecule has 6 heteroatoms. The zero-order valence-corrected chi connectivity index (χ0v) is 18.2. The number of amides is 1. The van der Waals surface area contributed by atoms with Crippen molar-refractivity contribution in [1.82, 2.24) is 5.32 Å². The third kappa shape index (κ3) is 5.77. The minimum Gasteiger partial charge on any atom is -0.494 e. The molecular weight excluding hydrogens is 404 g/mol. The van der Waals surface area contributed by atoms with Crippen molar-refractivity contribution in [2.75, 3.05) is 26.4 Å². The molecule has 4 rings (SSSR count). The van der Waals surface area contributed by atoms with Crippen LogP contribution in [0.15, 0.2) is 65.7 Å². The predicted molar refractivity (Wildman–Crippen MR) is 125 cm³/mol. The van der Waals surface area contributed by atoms with E-state index in [9.17, 15) is 4.79 Å². The van der Waals surface area contributed by atoms with Crippen molar-refractivity contribution in [3.05, 3.63) is 71.8 Å². The molecule has 2 aromatic rings. The topological polar surface area (TPSA) is 80.2 Å². The quantitative estimate of drug-likeness (QED) is 0.530. The van der Waals surface area contributed by atoms with E-state index in [0.717, 1.165) is 16.9 Å². The van der Waals surface area contributed by atoms with Crippen LogP contribution >= 0.6 is 0 Å². The molecule has 168 valence electrons. The molecule has 1 heterocycles. The van der Waals surface area contributed by atoms with Gasteiger partial charge >= 0.3 is 0 Å². The SMILES string of the molecule is O=C(NCC1CC1)[C@@]1(C/C=C/c2ccccc2)COC(c2ccc(OCCCO)cc2)=N1. The number of nitrogens with zero attached hydrogens (tertiary/aromatic N) is 1. The largest absolute Gasteiger partial charge is 0.494 e. The van der Waals surface area contributed by atoms with E-state index in [1.165, 1.54) is 12.8 Å². The minimum atomic E-state index is -0.966. The molecule has 2 N–H and O–H groups in total. The number of carbonyl (C=O) groups is 1. The highest BCUT2D eigenvalue weighted by molar-refractivity contribution is 6.00. The average Bonchev–Trinajstić information content (AvgIpc) is 3.56. The summed E-state index contributed by atoms with van der Waals surface area (Å²) in [7, 11) is 0. The number of hydrogen-bond donors (Lipinski definition) is 2. The molecule has 1 saturated carbocycles. The number of nitrogens with one attached hydrogen (secondary N) is 1. The zero-order chi connectivity index (χ0) is 22.2. The zero-order valence-electron chi connectivity index (χ0n) is 18.2. The monoisotopic (exact) mass is 434 g/mol. The smallest absolute Gasteiger partial charge is 0.251 e. The lowest BCUT2D eigenvalue weighted by atomic mass is 9.95. The van der Waals surface area contributed by atoms with Crippen molar-refractivity contribution in [3.8, 4) is 5.75 Å². The second-order valence-electron chi connectivity index (χ2n) is 8.36. The molecule has 0 bridgehead atoms. The van der Waals surface area contributed by atoms with Crippen LogP contribution in [-0.4, -0.2) is 48.8 Å². The molecule has 1 amide bonds. The molecule has 1 atom stereocenters. The number of aliphatic hydroxyl groups excluding tert-OH is 1. The van der Waals surface area contributed by atoms with Crippen LogP contribution in [0.3, 0.4) is 0 Å². The molecule has 0 saturated heterocycles. The maximum atomic E-state index is 13.1. The van der Waals surface area contributed by atoms with E-state index in [1.54, 1.807) is 0 Å². The molecule has 1 fully saturated rings. The first-order valence-electron chi connectivity index (χ1n) is 11.3. The number of carbonyl (C=O) groups excluding carboxylic acids is 1. The number of aliphatic hydroxyl groups is 1. The van der Waals surface area contributed by atoms with Gasteiger partial charge in [0.25, 0.3) is 5.91 Å². The Labute approximate surface area is 189 Å². The van der Waals surface area contributed by atoms with E-state index >= 15 is 0 Å². The molecule has 1 aliphatic carbocycles. The van der Waals surface area contributed by atoms with Crippen LogP contribution < -0.4 is 10.1 Å². The highest BCUT2D eigenvalue weighted by Gasteiger charge is 2.43. The van der Waals surface area contributed by atoms with Crippen LogP contribution in [0.25, 0.3) is 6.08 Å². The van der Waals surface area contributed by atoms with Crippen molar-refractivity contribution < 1.29 is 19.4 Å². The fourth-order valence-corrected chi connectivity index (χ4v) is 3.53. The fourth-order valence-electron chi connectivity index (χ4n) is 3.53. The Bertz CT molecular complexity index is 952. The Balaban J connectivity index is 1.49. The molecule has 2 aliphatic rings. The predicted octanol–water partition coefficient (Wildman–Crippen LogP) is 3.59. The molecule has 6 nitrogen and oxygen atoms in total. The van der Waals surface area contributed by atoms with Crippen molar-refractivity contribution >= 4 is 17.9 Å². The van der Waals surface area contributed by atoms with Gasteiger partial charge in [0.05, 0.1) is 6.61 Å². The highest BCUT2D eigenvalue weighted by Crippen LogP contribution is 2.30. The number of hydrogen-bond acceptors (Lipinski definition) is 5. The lowest BCUT2D eigenvalue weighted by Gasteiger charge is -2.21. The van der Waals surface area contributed by atoms with Crippen LogP contribution in [0.4, 0.5) is 0 Å². The first kappa shape index (κ1) is 22.1. The summed E-state index contributed by atoms with van der Waals surface area (Å²) in [5, 5.41) is 12.0. The summed E-state index contributed by atoms with van der Waals surface area (Å²) in [6.45, 7) is 1.48. The average molecular weight is 435 g/mol. The van der Waals surface area contributed by atoms with Gasteiger partial charge in [0.1, 0.15) is 12.4 Å². The summed E-state index contributed by atoms with van der Waals surface area (Å²) in [6, 6.07) is 17.5. The molecule has 2 aromatic carbocycles. The summed E-state index contributed by atoms with van der Waals surface area (Å²) >= 11 is 0. The minimum absolute atomic E-state index is 0.0823. The molecule has 0 aromatic heterocycles. The summed E-state index contributed by atoms with van der Waals surface area (Å²) in [5.74, 6) is 1.71. The molecule has 0 radical (unpaired) electrons. The van der Waals surface area contributed by atoms with E-state index < -0.39 is 5.54 Å². The van der Waals surface area contributed by atoms with Crippen LogP contribution in [0.1, 0.15) is 36.8 Å². The van der Waals surface area contributed by atoms with Crippen LogP contribution in [-0.2, 0) is 9.53 Å². The Hall–Kier alpha value is -3.12. The normalized spacial score (nSPS) is 20.1. The van der Waals surface area contributed by atoms with Gasteiger partial charge < -0.3 is 19.9 Å². The third-order valence-electron chi connectivity index (χ3n) is 5.67. The molecule has 32 heavy (non-hydrogen) atoms. The van der Waals surface area contributed by atoms with E-state index in [-0.39, 0.29) is 19.1 Å². The van der Waals surface area contributed by atoms with Crippen molar-refractivity contribution in [3.63, 3.8) is 0 Å². The second kappa shape index (κ2) is 10.5. The molecular formula is C26H30N2O4. The maximum Gasteiger partial charge on any atom is 0.251 e. The Morgan fingerprint density at radius 1 is 1.19 bits per heavy atom. The van der Waals surface area contributed by atoms with Gasteiger partial charge in [-0.05, 0) is 48.6 Å². The molecule has 1 aliphatic heterocycles. The Morgan fingerprint density at radius 3 is 2.69 bits per heavy atom. The third-order valence-corrected chi connectivity index (χ3v) is 5.67. The summed E-state index contributed by atoms with van der Waals surface area (Å²) < 4.78 is 11.5. The van der Waals surface area contributed by atoms with Crippen LogP contribution in [0.5, 0.6) is 5.75 Å². The Kier molecular flexibility index (Phi) is 7.22. The lowest BCUT2D eigenvalue weighted by molar-refractivity contribution is -0.126. The van der Waals surface area contributed by atoms with Crippen LogP contribution in [0, 0.1) is 5.92 Å². The van der Waals surface area contributed by atoms with Gasteiger partial charge in [-0.2, -0.15) is 0 Å². The van der Waals surface area contributed by atoms with Crippen molar-refractivity contribution in [2.45, 2.75) is 31.2 Å². The number of aliphatic imine (C=N–C) groups is 1. The van der Waals surface area contributed by atoms with Gasteiger partial charge in [-0.3, -0.25) is 4.79 Å².